The van der Waals surface area contributed by atoms with Crippen LogP contribution in [0.5, 0.6) is 0 Å². The molecule has 106 valence electrons. The van der Waals surface area contributed by atoms with Crippen LogP contribution in [0.2, 0.25) is 0 Å². The van der Waals surface area contributed by atoms with Crippen molar-refractivity contribution in [2.24, 2.45) is 0 Å². The third kappa shape index (κ3) is 3.01. The zero-order valence-electron chi connectivity index (χ0n) is 11.6. The monoisotopic (exact) mass is 288 g/mol. The molecule has 1 fully saturated rings. The summed E-state index contributed by atoms with van der Waals surface area (Å²) in [5.41, 5.74) is 2.43. The average Bonchev–Trinajstić information content (AvgIpc) is 2.80. The first kappa shape index (κ1) is 13.6. The Bertz CT molecular complexity index is 585. The third-order valence-electron chi connectivity index (χ3n) is 4.17. The quantitative estimate of drug-likeness (QED) is 0.832. The maximum Gasteiger partial charge on any atom is 0.213 e. The van der Waals surface area contributed by atoms with Crippen molar-refractivity contribution in [2.75, 3.05) is 5.32 Å². The fourth-order valence-electron chi connectivity index (χ4n) is 3.10. The number of rotatable bonds is 3. The van der Waals surface area contributed by atoms with E-state index >= 15 is 0 Å². The molecular weight excluding hydrogens is 268 g/mol. The molecule has 1 aromatic carbocycles. The lowest BCUT2D eigenvalue weighted by molar-refractivity contribution is -0.105. The highest BCUT2D eigenvalue weighted by Gasteiger charge is 2.15. The van der Waals surface area contributed by atoms with Crippen molar-refractivity contribution in [1.82, 2.24) is 4.98 Å². The standard InChI is InChI=1S/C16H20N2OS/c19-11-17-16-18-14-9-8-13(10-15(14)20-16)12-6-4-2-1-3-5-7-12/h8-12H,1-7H2,(H,17,18,19). The van der Waals surface area contributed by atoms with Crippen molar-refractivity contribution < 1.29 is 4.79 Å². The Hall–Kier alpha value is -1.42. The van der Waals surface area contributed by atoms with Gasteiger partial charge in [-0.3, -0.25) is 4.79 Å². The zero-order chi connectivity index (χ0) is 13.8. The number of nitrogens with zero attached hydrogens (tertiary/aromatic N) is 1. The van der Waals surface area contributed by atoms with Crippen LogP contribution in [0.4, 0.5) is 5.13 Å². The summed E-state index contributed by atoms with van der Waals surface area (Å²) in [4.78, 5) is 14.9. The second-order valence-electron chi connectivity index (χ2n) is 5.55. The van der Waals surface area contributed by atoms with Gasteiger partial charge in [0, 0.05) is 0 Å². The molecule has 1 aliphatic rings. The summed E-state index contributed by atoms with van der Waals surface area (Å²) in [5, 5.41) is 3.33. The molecule has 0 aliphatic heterocycles. The number of amides is 1. The lowest BCUT2D eigenvalue weighted by atomic mass is 9.86. The molecule has 3 rings (SSSR count). The van der Waals surface area contributed by atoms with E-state index in [1.54, 1.807) is 11.3 Å². The highest BCUT2D eigenvalue weighted by Crippen LogP contribution is 2.34. The van der Waals surface area contributed by atoms with E-state index in [-0.39, 0.29) is 0 Å². The molecule has 1 heterocycles. The number of fused-ring (bicyclic) bond motifs is 1. The molecule has 3 nitrogen and oxygen atoms in total. The van der Waals surface area contributed by atoms with Gasteiger partial charge in [-0.25, -0.2) is 4.98 Å². The van der Waals surface area contributed by atoms with Gasteiger partial charge < -0.3 is 5.32 Å². The lowest BCUT2D eigenvalue weighted by Crippen LogP contribution is -2.02. The predicted molar refractivity (Wildman–Crippen MR) is 84.4 cm³/mol. The Morgan fingerprint density at radius 2 is 1.90 bits per heavy atom. The first-order valence-corrected chi connectivity index (χ1v) is 8.29. The normalized spacial score (nSPS) is 17.6. The van der Waals surface area contributed by atoms with Crippen molar-refractivity contribution >= 4 is 33.1 Å². The van der Waals surface area contributed by atoms with E-state index in [0.717, 1.165) is 5.52 Å². The Labute approximate surface area is 123 Å². The van der Waals surface area contributed by atoms with E-state index in [9.17, 15) is 4.79 Å². The Morgan fingerprint density at radius 1 is 1.15 bits per heavy atom. The zero-order valence-corrected chi connectivity index (χ0v) is 12.4. The van der Waals surface area contributed by atoms with Crippen molar-refractivity contribution in [3.05, 3.63) is 23.8 Å². The summed E-state index contributed by atoms with van der Waals surface area (Å²) in [6.45, 7) is 0. The number of aromatic nitrogens is 1. The van der Waals surface area contributed by atoms with Gasteiger partial charge in [-0.05, 0) is 36.5 Å². The van der Waals surface area contributed by atoms with Gasteiger partial charge in [-0.2, -0.15) is 0 Å². The Kier molecular flexibility index (Phi) is 4.31. The van der Waals surface area contributed by atoms with Gasteiger partial charge in [0.2, 0.25) is 6.41 Å². The molecule has 0 bridgehead atoms. The molecule has 1 amide bonds. The van der Waals surface area contributed by atoms with Crippen molar-refractivity contribution in [3.63, 3.8) is 0 Å². The molecule has 4 heteroatoms. The molecule has 0 atom stereocenters. The summed E-state index contributed by atoms with van der Waals surface area (Å²) >= 11 is 1.56. The van der Waals surface area contributed by atoms with Gasteiger partial charge in [0.05, 0.1) is 10.2 Å². The van der Waals surface area contributed by atoms with Crippen LogP contribution in [0.1, 0.15) is 56.4 Å². The molecular formula is C16H20N2OS. The molecule has 0 radical (unpaired) electrons. The number of benzene rings is 1. The van der Waals surface area contributed by atoms with Crippen LogP contribution in [0.15, 0.2) is 18.2 Å². The summed E-state index contributed by atoms with van der Waals surface area (Å²) in [6, 6.07) is 6.59. The maximum atomic E-state index is 10.5. The minimum absolute atomic E-state index is 0.685. The lowest BCUT2D eigenvalue weighted by Gasteiger charge is -2.20. The van der Waals surface area contributed by atoms with Crippen LogP contribution in [0, 0.1) is 0 Å². The summed E-state index contributed by atoms with van der Waals surface area (Å²) < 4.78 is 1.17. The second kappa shape index (κ2) is 6.35. The molecule has 1 N–H and O–H groups in total. The van der Waals surface area contributed by atoms with E-state index in [2.05, 4.69) is 28.5 Å². The minimum Gasteiger partial charge on any atom is -0.305 e. The Balaban J connectivity index is 1.84. The van der Waals surface area contributed by atoms with Gasteiger partial charge in [0.25, 0.3) is 0 Å². The van der Waals surface area contributed by atoms with Gasteiger partial charge in [0.15, 0.2) is 5.13 Å². The highest BCUT2D eigenvalue weighted by molar-refractivity contribution is 7.22. The first-order chi connectivity index (χ1) is 9.86. The van der Waals surface area contributed by atoms with Crippen molar-refractivity contribution in [2.45, 2.75) is 50.9 Å². The van der Waals surface area contributed by atoms with E-state index in [1.165, 1.54) is 55.2 Å². The number of carbonyl (C=O) groups is 1. The van der Waals surface area contributed by atoms with Crippen LogP contribution in [-0.4, -0.2) is 11.4 Å². The second-order valence-corrected chi connectivity index (χ2v) is 6.58. The van der Waals surface area contributed by atoms with Crippen LogP contribution in [-0.2, 0) is 4.79 Å². The predicted octanol–water partition coefficient (Wildman–Crippen LogP) is 4.69. The highest BCUT2D eigenvalue weighted by atomic mass is 32.1. The summed E-state index contributed by atoms with van der Waals surface area (Å²) in [7, 11) is 0. The van der Waals surface area contributed by atoms with Gasteiger partial charge in [-0.1, -0.05) is 49.5 Å². The fraction of sp³-hybridized carbons (Fsp3) is 0.500. The number of thiazole rings is 1. The molecule has 0 unspecified atom stereocenters. The maximum absolute atomic E-state index is 10.5. The average molecular weight is 288 g/mol. The topological polar surface area (TPSA) is 42.0 Å². The van der Waals surface area contributed by atoms with Crippen LogP contribution in [0.3, 0.4) is 0 Å². The van der Waals surface area contributed by atoms with Crippen LogP contribution < -0.4 is 5.32 Å². The largest absolute Gasteiger partial charge is 0.305 e. The van der Waals surface area contributed by atoms with Gasteiger partial charge >= 0.3 is 0 Å². The molecule has 1 aromatic heterocycles. The van der Waals surface area contributed by atoms with Crippen molar-refractivity contribution in [3.8, 4) is 0 Å². The Morgan fingerprint density at radius 3 is 2.65 bits per heavy atom. The van der Waals surface area contributed by atoms with E-state index < -0.39 is 0 Å². The van der Waals surface area contributed by atoms with Crippen molar-refractivity contribution in [1.29, 1.82) is 0 Å². The molecule has 2 aromatic rings. The van der Waals surface area contributed by atoms with Crippen LogP contribution >= 0.6 is 11.3 Å². The molecule has 1 saturated carbocycles. The molecule has 0 saturated heterocycles. The van der Waals surface area contributed by atoms with Gasteiger partial charge in [0.1, 0.15) is 0 Å². The number of hydrogen-bond acceptors (Lipinski definition) is 3. The number of carbonyl (C=O) groups excluding carboxylic acids is 1. The van der Waals surface area contributed by atoms with E-state index in [0.29, 0.717) is 17.5 Å². The van der Waals surface area contributed by atoms with E-state index in [4.69, 9.17) is 0 Å². The molecule has 20 heavy (non-hydrogen) atoms. The minimum atomic E-state index is 0.685. The van der Waals surface area contributed by atoms with Gasteiger partial charge in [-0.15, -0.1) is 0 Å². The summed E-state index contributed by atoms with van der Waals surface area (Å²) in [6.07, 6.45) is 10.2. The third-order valence-corrected chi connectivity index (χ3v) is 5.12. The SMILES string of the molecule is O=CNc1nc2ccc(C3CCCCCCC3)cc2s1. The number of anilines is 1. The number of hydrogen-bond donors (Lipinski definition) is 1. The van der Waals surface area contributed by atoms with E-state index in [1.807, 2.05) is 0 Å². The molecule has 1 aliphatic carbocycles. The first-order valence-electron chi connectivity index (χ1n) is 7.47. The number of nitrogens with one attached hydrogen (secondary N) is 1. The van der Waals surface area contributed by atoms with Crippen LogP contribution in [0.25, 0.3) is 10.2 Å². The molecule has 0 spiro atoms. The summed E-state index contributed by atoms with van der Waals surface area (Å²) in [5.74, 6) is 0.698. The smallest absolute Gasteiger partial charge is 0.213 e. The fourth-order valence-corrected chi connectivity index (χ4v) is 3.97.